The largest absolute Gasteiger partial charge is 0.495 e. The number of carbonyl (C=O) groups excluding carboxylic acids is 2. The average molecular weight is 604 g/mol. The number of nitrogens with one attached hydrogen (secondary N) is 1. The van der Waals surface area contributed by atoms with Gasteiger partial charge >= 0.3 is 0 Å². The van der Waals surface area contributed by atoms with Crippen molar-refractivity contribution in [2.24, 2.45) is 0 Å². The number of ether oxygens (including phenoxy) is 1. The van der Waals surface area contributed by atoms with Crippen LogP contribution in [0.3, 0.4) is 0 Å². The number of hydrogen-bond acceptors (Lipinski definition) is 5. The van der Waals surface area contributed by atoms with Gasteiger partial charge in [-0.2, -0.15) is 0 Å². The molecule has 8 nitrogen and oxygen atoms in total. The first-order valence-corrected chi connectivity index (χ1v) is 15.1. The Bertz CT molecular complexity index is 1650. The van der Waals surface area contributed by atoms with Crippen LogP contribution in [0, 0.1) is 12.7 Å². The van der Waals surface area contributed by atoms with Gasteiger partial charge in [0.05, 0.1) is 17.7 Å². The number of benzene rings is 4. The molecule has 1 atom stereocenters. The quantitative estimate of drug-likeness (QED) is 0.253. The second-order valence-electron chi connectivity index (χ2n) is 9.96. The smallest absolute Gasteiger partial charge is 0.264 e. The van der Waals surface area contributed by atoms with Crippen LogP contribution in [0.2, 0.25) is 0 Å². The third kappa shape index (κ3) is 7.58. The Kier molecular flexibility index (Phi) is 10.2. The molecule has 10 heteroatoms. The van der Waals surface area contributed by atoms with E-state index in [1.54, 1.807) is 36.4 Å². The van der Waals surface area contributed by atoms with Crippen LogP contribution in [0.4, 0.5) is 10.1 Å². The van der Waals surface area contributed by atoms with E-state index in [9.17, 15) is 22.4 Å². The SMILES string of the molecule is CNC(=O)C(Cc1ccccc1)N(Cc1ccc(F)cc1)C(=O)CN(c1ccccc1OC)S(=O)(=O)c1ccc(C)cc1. The van der Waals surface area contributed by atoms with Crippen molar-refractivity contribution in [1.82, 2.24) is 10.2 Å². The van der Waals surface area contributed by atoms with E-state index < -0.39 is 40.2 Å². The number of methoxy groups -OCH3 is 1. The molecule has 0 saturated heterocycles. The molecule has 4 aromatic carbocycles. The third-order valence-corrected chi connectivity index (χ3v) is 8.80. The van der Waals surface area contributed by atoms with E-state index in [0.717, 1.165) is 15.4 Å². The molecule has 0 saturated carbocycles. The highest BCUT2D eigenvalue weighted by atomic mass is 32.2. The number of carbonyl (C=O) groups is 2. The number of sulfonamides is 1. The van der Waals surface area contributed by atoms with E-state index in [1.165, 1.54) is 55.5 Å². The summed E-state index contributed by atoms with van der Waals surface area (Å²) in [5, 5.41) is 2.64. The molecule has 0 aliphatic rings. The number of rotatable bonds is 12. The van der Waals surface area contributed by atoms with Crippen molar-refractivity contribution in [1.29, 1.82) is 0 Å². The summed E-state index contributed by atoms with van der Waals surface area (Å²) < 4.78 is 48.4. The monoisotopic (exact) mass is 603 g/mol. The second kappa shape index (κ2) is 14.0. The molecule has 4 rings (SSSR count). The Morgan fingerprint density at radius 2 is 1.49 bits per heavy atom. The standard InChI is InChI=1S/C33H34FN3O5S/c1-24-13-19-28(20-14-24)43(40,41)37(29-11-7-8-12-31(29)42-3)23-32(38)36(22-26-15-17-27(34)18-16-26)30(33(39)35-2)21-25-9-5-4-6-10-25/h4-20,30H,21-23H2,1-3H3,(H,35,39). The average Bonchev–Trinajstić information content (AvgIpc) is 3.02. The van der Waals surface area contributed by atoms with Gasteiger partial charge in [0.15, 0.2) is 0 Å². The van der Waals surface area contributed by atoms with Crippen LogP contribution >= 0.6 is 0 Å². The minimum Gasteiger partial charge on any atom is -0.495 e. The summed E-state index contributed by atoms with van der Waals surface area (Å²) in [6, 6.07) is 26.6. The van der Waals surface area contributed by atoms with Crippen LogP contribution in [0.1, 0.15) is 16.7 Å². The van der Waals surface area contributed by atoms with E-state index in [1.807, 2.05) is 37.3 Å². The number of hydrogen-bond donors (Lipinski definition) is 1. The van der Waals surface area contributed by atoms with Crippen LogP contribution in [0.15, 0.2) is 108 Å². The summed E-state index contributed by atoms with van der Waals surface area (Å²) in [4.78, 5) is 28.9. The van der Waals surface area contributed by atoms with Crippen LogP contribution in [0.25, 0.3) is 0 Å². The molecule has 0 fully saturated rings. The zero-order valence-electron chi connectivity index (χ0n) is 24.2. The normalized spacial score (nSPS) is 11.8. The lowest BCUT2D eigenvalue weighted by atomic mass is 10.0. The Labute approximate surface area is 251 Å². The van der Waals surface area contributed by atoms with E-state index in [-0.39, 0.29) is 29.3 Å². The van der Waals surface area contributed by atoms with E-state index in [0.29, 0.717) is 5.56 Å². The van der Waals surface area contributed by atoms with Crippen LogP contribution in [-0.2, 0) is 32.6 Å². The molecule has 4 aromatic rings. The number of para-hydroxylation sites is 2. The number of aryl methyl sites for hydroxylation is 1. The number of likely N-dealkylation sites (N-methyl/N-ethyl adjacent to an activating group) is 1. The first kappa shape index (κ1) is 31.2. The van der Waals surface area contributed by atoms with Crippen LogP contribution in [0.5, 0.6) is 5.75 Å². The predicted octanol–water partition coefficient (Wildman–Crippen LogP) is 4.72. The van der Waals surface area contributed by atoms with Crippen molar-refractivity contribution in [3.63, 3.8) is 0 Å². The van der Waals surface area contributed by atoms with Crippen molar-refractivity contribution < 1.29 is 27.1 Å². The molecular weight excluding hydrogens is 569 g/mol. The van der Waals surface area contributed by atoms with Crippen molar-refractivity contribution in [2.75, 3.05) is 25.0 Å². The Morgan fingerprint density at radius 3 is 2.12 bits per heavy atom. The Balaban J connectivity index is 1.81. The summed E-state index contributed by atoms with van der Waals surface area (Å²) in [5.74, 6) is -1.25. The van der Waals surface area contributed by atoms with E-state index in [2.05, 4.69) is 5.32 Å². The summed E-state index contributed by atoms with van der Waals surface area (Å²) in [6.45, 7) is 1.16. The Morgan fingerprint density at radius 1 is 0.860 bits per heavy atom. The fraction of sp³-hybridized carbons (Fsp3) is 0.212. The molecule has 224 valence electrons. The molecule has 0 bridgehead atoms. The maximum Gasteiger partial charge on any atom is 0.264 e. The van der Waals surface area contributed by atoms with Crippen molar-refractivity contribution in [2.45, 2.75) is 30.8 Å². The summed E-state index contributed by atoms with van der Waals surface area (Å²) in [7, 11) is -1.37. The highest BCUT2D eigenvalue weighted by Gasteiger charge is 2.35. The lowest BCUT2D eigenvalue weighted by Gasteiger charge is -2.34. The fourth-order valence-corrected chi connectivity index (χ4v) is 6.12. The van der Waals surface area contributed by atoms with E-state index in [4.69, 9.17) is 4.74 Å². The number of anilines is 1. The highest BCUT2D eigenvalue weighted by Crippen LogP contribution is 2.32. The first-order valence-electron chi connectivity index (χ1n) is 13.7. The van der Waals surface area contributed by atoms with E-state index >= 15 is 0 Å². The molecule has 0 radical (unpaired) electrons. The van der Waals surface area contributed by atoms with Gasteiger partial charge in [0, 0.05) is 20.0 Å². The number of nitrogens with zero attached hydrogens (tertiary/aromatic N) is 2. The van der Waals surface area contributed by atoms with Gasteiger partial charge in [-0.15, -0.1) is 0 Å². The van der Waals surface area contributed by atoms with Gasteiger partial charge in [0.2, 0.25) is 11.8 Å². The molecule has 0 aliphatic carbocycles. The zero-order valence-corrected chi connectivity index (χ0v) is 25.1. The highest BCUT2D eigenvalue weighted by molar-refractivity contribution is 7.92. The molecule has 0 aliphatic heterocycles. The van der Waals surface area contributed by atoms with Crippen LogP contribution in [-0.4, -0.2) is 51.9 Å². The van der Waals surface area contributed by atoms with Crippen molar-refractivity contribution in [3.8, 4) is 5.75 Å². The zero-order chi connectivity index (χ0) is 31.0. The van der Waals surface area contributed by atoms with Gasteiger partial charge in [-0.05, 0) is 54.4 Å². The van der Waals surface area contributed by atoms with Gasteiger partial charge in [-0.1, -0.05) is 72.3 Å². The predicted molar refractivity (Wildman–Crippen MR) is 164 cm³/mol. The number of amides is 2. The molecule has 43 heavy (non-hydrogen) atoms. The lowest BCUT2D eigenvalue weighted by Crippen LogP contribution is -2.53. The topological polar surface area (TPSA) is 96.0 Å². The van der Waals surface area contributed by atoms with Gasteiger partial charge in [0.1, 0.15) is 24.2 Å². The summed E-state index contributed by atoms with van der Waals surface area (Å²) in [5.41, 5.74) is 2.42. The van der Waals surface area contributed by atoms with Crippen molar-refractivity contribution in [3.05, 3.63) is 126 Å². The van der Waals surface area contributed by atoms with Crippen LogP contribution < -0.4 is 14.4 Å². The molecule has 1 unspecified atom stereocenters. The minimum atomic E-state index is -4.27. The maximum absolute atomic E-state index is 14.3. The molecule has 1 N–H and O–H groups in total. The van der Waals surface area contributed by atoms with Crippen molar-refractivity contribution >= 4 is 27.5 Å². The van der Waals surface area contributed by atoms with Gasteiger partial charge in [-0.3, -0.25) is 13.9 Å². The summed E-state index contributed by atoms with van der Waals surface area (Å²) in [6.07, 6.45) is 0.173. The second-order valence-corrected chi connectivity index (χ2v) is 11.8. The molecular formula is C33H34FN3O5S. The first-order chi connectivity index (χ1) is 20.6. The molecule has 0 aromatic heterocycles. The summed E-state index contributed by atoms with van der Waals surface area (Å²) >= 11 is 0. The maximum atomic E-state index is 14.3. The van der Waals surface area contributed by atoms with Gasteiger partial charge in [0.25, 0.3) is 10.0 Å². The lowest BCUT2D eigenvalue weighted by molar-refractivity contribution is -0.139. The Hall–Kier alpha value is -4.70. The third-order valence-electron chi connectivity index (χ3n) is 7.03. The molecule has 0 spiro atoms. The van der Waals surface area contributed by atoms with Gasteiger partial charge < -0.3 is 15.0 Å². The molecule has 2 amide bonds. The number of halogens is 1. The minimum absolute atomic E-state index is 0.00553. The fourth-order valence-electron chi connectivity index (χ4n) is 4.69. The molecule has 0 heterocycles. The van der Waals surface area contributed by atoms with Gasteiger partial charge in [-0.25, -0.2) is 12.8 Å².